The van der Waals surface area contributed by atoms with Crippen molar-refractivity contribution in [3.8, 4) is 5.75 Å². The number of benzene rings is 2. The average molecular weight is 374 g/mol. The van der Waals surface area contributed by atoms with Crippen molar-refractivity contribution in [1.82, 2.24) is 4.90 Å². The standard InChI is InChI=1S/C19H22N2O4S/c1-21-11-9-14(10-12-21)19(23)15-5-4-6-16(13-15)20-26(24,25)18-8-3-2-7-17(18)22/h2-8,13-14,20,22H,9-12H2,1H3. The van der Waals surface area contributed by atoms with Crippen molar-refractivity contribution < 1.29 is 18.3 Å². The molecule has 1 heterocycles. The summed E-state index contributed by atoms with van der Waals surface area (Å²) in [5, 5.41) is 9.78. The molecule has 3 rings (SSSR count). The molecule has 0 atom stereocenters. The Morgan fingerprint density at radius 1 is 1.12 bits per heavy atom. The molecule has 2 aromatic rings. The summed E-state index contributed by atoms with van der Waals surface area (Å²) in [4.78, 5) is 14.7. The van der Waals surface area contributed by atoms with Gasteiger partial charge in [-0.05, 0) is 57.2 Å². The molecule has 0 radical (unpaired) electrons. The number of likely N-dealkylation sites (tertiary alicyclic amines) is 1. The monoisotopic (exact) mass is 374 g/mol. The molecule has 0 unspecified atom stereocenters. The van der Waals surface area contributed by atoms with E-state index >= 15 is 0 Å². The lowest BCUT2D eigenvalue weighted by Gasteiger charge is -2.28. The van der Waals surface area contributed by atoms with Crippen molar-refractivity contribution in [2.45, 2.75) is 17.7 Å². The first kappa shape index (κ1) is 18.4. The summed E-state index contributed by atoms with van der Waals surface area (Å²) < 4.78 is 27.4. The lowest BCUT2D eigenvalue weighted by Crippen LogP contribution is -2.33. The summed E-state index contributed by atoms with van der Waals surface area (Å²) in [5.74, 6) is -0.309. The van der Waals surface area contributed by atoms with Crippen LogP contribution in [0, 0.1) is 5.92 Å². The van der Waals surface area contributed by atoms with Gasteiger partial charge in [0.25, 0.3) is 10.0 Å². The maximum atomic E-state index is 12.7. The Balaban J connectivity index is 1.79. The third-order valence-corrected chi connectivity index (χ3v) is 6.07. The number of ketones is 1. The second-order valence-electron chi connectivity index (χ2n) is 6.60. The number of piperidine rings is 1. The van der Waals surface area contributed by atoms with Crippen molar-refractivity contribution >= 4 is 21.5 Å². The fraction of sp³-hybridized carbons (Fsp3) is 0.316. The van der Waals surface area contributed by atoms with Crippen molar-refractivity contribution in [3.63, 3.8) is 0 Å². The van der Waals surface area contributed by atoms with Gasteiger partial charge >= 0.3 is 0 Å². The SMILES string of the molecule is CN1CCC(C(=O)c2cccc(NS(=O)(=O)c3ccccc3O)c2)CC1. The Labute approximate surface area is 153 Å². The molecule has 0 bridgehead atoms. The average Bonchev–Trinajstić information content (AvgIpc) is 2.62. The van der Waals surface area contributed by atoms with Crippen molar-refractivity contribution in [1.29, 1.82) is 0 Å². The number of carbonyl (C=O) groups is 1. The van der Waals surface area contributed by atoms with Gasteiger partial charge < -0.3 is 10.0 Å². The number of nitrogens with one attached hydrogen (secondary N) is 1. The lowest BCUT2D eigenvalue weighted by atomic mass is 9.89. The number of hydrogen-bond donors (Lipinski definition) is 2. The minimum Gasteiger partial charge on any atom is -0.507 e. The highest BCUT2D eigenvalue weighted by atomic mass is 32.2. The summed E-state index contributed by atoms with van der Waals surface area (Å²) in [6.45, 7) is 1.77. The van der Waals surface area contributed by atoms with Gasteiger partial charge in [-0.2, -0.15) is 0 Å². The van der Waals surface area contributed by atoms with Crippen LogP contribution in [0.5, 0.6) is 5.75 Å². The van der Waals surface area contributed by atoms with Crippen LogP contribution in [0.1, 0.15) is 23.2 Å². The number of Topliss-reactive ketones (excluding diaryl/α,β-unsaturated/α-hetero) is 1. The van der Waals surface area contributed by atoms with Gasteiger partial charge in [0, 0.05) is 17.2 Å². The molecule has 0 amide bonds. The fourth-order valence-corrected chi connectivity index (χ4v) is 4.29. The minimum atomic E-state index is -3.94. The number of hydrogen-bond acceptors (Lipinski definition) is 5. The van der Waals surface area contributed by atoms with E-state index in [9.17, 15) is 18.3 Å². The highest BCUT2D eigenvalue weighted by Gasteiger charge is 2.25. The van der Waals surface area contributed by atoms with E-state index in [1.807, 2.05) is 7.05 Å². The molecule has 138 valence electrons. The molecule has 2 N–H and O–H groups in total. The summed E-state index contributed by atoms with van der Waals surface area (Å²) in [6.07, 6.45) is 1.62. The van der Waals surface area contributed by atoms with E-state index in [2.05, 4.69) is 9.62 Å². The largest absolute Gasteiger partial charge is 0.507 e. The maximum Gasteiger partial charge on any atom is 0.265 e. The number of phenolic OH excluding ortho intramolecular Hbond substituents is 1. The Morgan fingerprint density at radius 2 is 1.81 bits per heavy atom. The molecular weight excluding hydrogens is 352 g/mol. The van der Waals surface area contributed by atoms with Crippen molar-refractivity contribution in [2.75, 3.05) is 24.9 Å². The summed E-state index contributed by atoms with van der Waals surface area (Å²) >= 11 is 0. The van der Waals surface area contributed by atoms with E-state index in [-0.39, 0.29) is 22.3 Å². The zero-order chi connectivity index (χ0) is 18.7. The van der Waals surface area contributed by atoms with Gasteiger partial charge in [0.05, 0.1) is 0 Å². The lowest BCUT2D eigenvalue weighted by molar-refractivity contribution is 0.0857. The number of anilines is 1. The number of aromatic hydroxyl groups is 1. The van der Waals surface area contributed by atoms with Crippen LogP contribution in [0.4, 0.5) is 5.69 Å². The molecule has 0 saturated carbocycles. The van der Waals surface area contributed by atoms with Gasteiger partial charge in [0.2, 0.25) is 0 Å². The Kier molecular flexibility index (Phi) is 5.29. The van der Waals surface area contributed by atoms with Crippen LogP contribution < -0.4 is 4.72 Å². The molecule has 7 heteroatoms. The first-order valence-electron chi connectivity index (χ1n) is 8.50. The van der Waals surface area contributed by atoms with Crippen molar-refractivity contribution in [3.05, 3.63) is 54.1 Å². The summed E-state index contributed by atoms with van der Waals surface area (Å²) in [5.41, 5.74) is 0.795. The van der Waals surface area contributed by atoms with E-state index in [4.69, 9.17) is 0 Å². The normalized spacial score (nSPS) is 16.3. The van der Waals surface area contributed by atoms with Crippen LogP contribution in [0.25, 0.3) is 0 Å². The molecule has 0 spiro atoms. The van der Waals surface area contributed by atoms with Crippen LogP contribution in [0.3, 0.4) is 0 Å². The smallest absolute Gasteiger partial charge is 0.265 e. The highest BCUT2D eigenvalue weighted by molar-refractivity contribution is 7.92. The number of nitrogens with zero attached hydrogens (tertiary/aromatic N) is 1. The molecule has 1 aliphatic heterocycles. The molecular formula is C19H22N2O4S. The Hall–Kier alpha value is -2.38. The minimum absolute atomic E-state index is 0.0313. The van der Waals surface area contributed by atoms with E-state index in [0.717, 1.165) is 25.9 Å². The van der Waals surface area contributed by atoms with E-state index in [1.54, 1.807) is 30.3 Å². The highest BCUT2D eigenvalue weighted by Crippen LogP contribution is 2.26. The second-order valence-corrected chi connectivity index (χ2v) is 8.25. The first-order chi connectivity index (χ1) is 12.4. The van der Waals surface area contributed by atoms with Gasteiger partial charge in [-0.3, -0.25) is 9.52 Å². The number of carbonyl (C=O) groups excluding carboxylic acids is 1. The van der Waals surface area contributed by atoms with E-state index in [1.165, 1.54) is 18.2 Å². The molecule has 1 saturated heterocycles. The Morgan fingerprint density at radius 3 is 2.50 bits per heavy atom. The van der Waals surface area contributed by atoms with Gasteiger partial charge in [-0.25, -0.2) is 8.42 Å². The van der Waals surface area contributed by atoms with Gasteiger partial charge in [-0.15, -0.1) is 0 Å². The molecule has 1 fully saturated rings. The third kappa shape index (κ3) is 4.05. The number of phenols is 1. The van der Waals surface area contributed by atoms with Crippen LogP contribution in [0.15, 0.2) is 53.4 Å². The van der Waals surface area contributed by atoms with Crippen LogP contribution in [-0.2, 0) is 10.0 Å². The molecule has 6 nitrogen and oxygen atoms in total. The quantitative estimate of drug-likeness (QED) is 0.786. The van der Waals surface area contributed by atoms with Gasteiger partial charge in [0.15, 0.2) is 5.78 Å². The van der Waals surface area contributed by atoms with Crippen molar-refractivity contribution in [2.24, 2.45) is 5.92 Å². The zero-order valence-corrected chi connectivity index (χ0v) is 15.4. The zero-order valence-electron chi connectivity index (χ0n) is 14.6. The second kappa shape index (κ2) is 7.47. The molecule has 0 aromatic heterocycles. The molecule has 0 aliphatic carbocycles. The first-order valence-corrected chi connectivity index (χ1v) is 9.99. The maximum absolute atomic E-state index is 12.7. The molecule has 1 aliphatic rings. The van der Waals surface area contributed by atoms with Gasteiger partial charge in [-0.1, -0.05) is 24.3 Å². The number of para-hydroxylation sites is 1. The molecule has 2 aromatic carbocycles. The Bertz CT molecular complexity index is 903. The van der Waals surface area contributed by atoms with E-state index < -0.39 is 10.0 Å². The molecule has 26 heavy (non-hydrogen) atoms. The summed E-state index contributed by atoms with van der Waals surface area (Å²) in [7, 11) is -1.90. The van der Waals surface area contributed by atoms with Gasteiger partial charge in [0.1, 0.15) is 10.6 Å². The number of rotatable bonds is 5. The van der Waals surface area contributed by atoms with Crippen LogP contribution in [-0.4, -0.2) is 44.3 Å². The predicted molar refractivity (Wildman–Crippen MR) is 99.9 cm³/mol. The van der Waals surface area contributed by atoms with Crippen LogP contribution in [0.2, 0.25) is 0 Å². The predicted octanol–water partition coefficient (Wildman–Crippen LogP) is 2.72. The summed E-state index contributed by atoms with van der Waals surface area (Å²) in [6, 6.07) is 12.2. The third-order valence-electron chi connectivity index (χ3n) is 4.64. The van der Waals surface area contributed by atoms with Crippen LogP contribution >= 0.6 is 0 Å². The fourth-order valence-electron chi connectivity index (χ4n) is 3.14. The number of sulfonamides is 1. The van der Waals surface area contributed by atoms with E-state index in [0.29, 0.717) is 11.3 Å². The topological polar surface area (TPSA) is 86.7 Å².